The summed E-state index contributed by atoms with van der Waals surface area (Å²) in [4.78, 5) is 35.6. The maximum Gasteiger partial charge on any atom is 0.339 e. The van der Waals surface area contributed by atoms with Gasteiger partial charge in [-0.15, -0.1) is 0 Å². The minimum absolute atomic E-state index is 0.0453. The molecule has 156 valence electrons. The average molecular weight is 437 g/mol. The minimum atomic E-state index is -0.488. The van der Waals surface area contributed by atoms with Crippen LogP contribution < -0.4 is 5.32 Å². The standard InChI is InChI=1S/C23H17ClN2O5/c1-13-10-18(26(29)30)7-9-20(13)25-22(27)15-4-8-19-16(11-15)12-21(31-23(19)28)14-2-5-17(24)6-3-14/h2-11,21H,12H2,1H3,(H,25,27). The molecule has 7 nitrogen and oxygen atoms in total. The third-order valence-electron chi connectivity index (χ3n) is 5.15. The van der Waals surface area contributed by atoms with Gasteiger partial charge < -0.3 is 10.1 Å². The van der Waals surface area contributed by atoms with Crippen LogP contribution in [0.4, 0.5) is 11.4 Å². The Kier molecular flexibility index (Phi) is 5.44. The Morgan fingerprint density at radius 3 is 2.55 bits per heavy atom. The number of amides is 1. The maximum atomic E-state index is 12.8. The number of anilines is 1. The van der Waals surface area contributed by atoms with Gasteiger partial charge in [-0.3, -0.25) is 14.9 Å². The van der Waals surface area contributed by atoms with Gasteiger partial charge in [0.25, 0.3) is 11.6 Å². The number of cyclic esters (lactones) is 1. The molecule has 8 heteroatoms. The highest BCUT2D eigenvalue weighted by Gasteiger charge is 2.28. The highest BCUT2D eigenvalue weighted by molar-refractivity contribution is 6.30. The van der Waals surface area contributed by atoms with Crippen molar-refractivity contribution < 1.29 is 19.2 Å². The van der Waals surface area contributed by atoms with E-state index in [-0.39, 0.29) is 11.6 Å². The fourth-order valence-electron chi connectivity index (χ4n) is 3.50. The zero-order valence-corrected chi connectivity index (χ0v) is 17.2. The van der Waals surface area contributed by atoms with Crippen molar-refractivity contribution in [3.05, 3.63) is 104 Å². The van der Waals surface area contributed by atoms with Gasteiger partial charge in [0.15, 0.2) is 0 Å². The first-order chi connectivity index (χ1) is 14.8. The lowest BCUT2D eigenvalue weighted by atomic mass is 9.93. The number of nitro groups is 1. The molecule has 0 saturated carbocycles. The normalized spacial score (nSPS) is 15.0. The molecule has 1 heterocycles. The Morgan fingerprint density at radius 2 is 1.87 bits per heavy atom. The fourth-order valence-corrected chi connectivity index (χ4v) is 3.62. The van der Waals surface area contributed by atoms with Crippen molar-refractivity contribution in [3.8, 4) is 0 Å². The molecule has 31 heavy (non-hydrogen) atoms. The SMILES string of the molecule is Cc1cc([N+](=O)[O-])ccc1NC(=O)c1ccc2c(c1)CC(c1ccc(Cl)cc1)OC2=O. The number of nitrogens with one attached hydrogen (secondary N) is 1. The molecule has 1 aliphatic rings. The molecule has 0 bridgehead atoms. The summed E-state index contributed by atoms with van der Waals surface area (Å²) in [6.07, 6.45) is -0.0343. The summed E-state index contributed by atoms with van der Waals surface area (Å²) < 4.78 is 5.54. The average Bonchev–Trinajstić information content (AvgIpc) is 2.75. The molecule has 1 unspecified atom stereocenters. The van der Waals surface area contributed by atoms with Gasteiger partial charge in [0.05, 0.1) is 10.5 Å². The number of carbonyl (C=O) groups is 2. The Hall–Kier alpha value is -3.71. The molecule has 3 aromatic rings. The number of fused-ring (bicyclic) bond motifs is 1. The van der Waals surface area contributed by atoms with Crippen LogP contribution in [-0.4, -0.2) is 16.8 Å². The number of carbonyl (C=O) groups excluding carboxylic acids is 2. The third kappa shape index (κ3) is 4.27. The zero-order chi connectivity index (χ0) is 22.1. The van der Waals surface area contributed by atoms with E-state index in [1.165, 1.54) is 18.2 Å². The van der Waals surface area contributed by atoms with E-state index in [9.17, 15) is 19.7 Å². The second-order valence-corrected chi connectivity index (χ2v) is 7.67. The van der Waals surface area contributed by atoms with Gasteiger partial charge in [-0.25, -0.2) is 4.79 Å². The number of halogens is 1. The van der Waals surface area contributed by atoms with Crippen LogP contribution >= 0.6 is 11.6 Å². The number of hydrogen-bond acceptors (Lipinski definition) is 5. The molecule has 4 rings (SSSR count). The molecule has 0 saturated heterocycles. The predicted octanol–water partition coefficient (Wildman–Crippen LogP) is 5.26. The van der Waals surface area contributed by atoms with Gasteiger partial charge in [0, 0.05) is 34.8 Å². The molecule has 0 aliphatic carbocycles. The molecule has 0 fully saturated rings. The number of nitro benzene ring substituents is 1. The first kappa shape index (κ1) is 20.6. The molecule has 1 aliphatic heterocycles. The topological polar surface area (TPSA) is 98.5 Å². The van der Waals surface area contributed by atoms with Crippen molar-refractivity contribution in [1.29, 1.82) is 0 Å². The van der Waals surface area contributed by atoms with Crippen molar-refractivity contribution >= 4 is 34.9 Å². The summed E-state index contributed by atoms with van der Waals surface area (Å²) in [6.45, 7) is 1.68. The first-order valence-electron chi connectivity index (χ1n) is 9.47. The Labute approximate surface area is 182 Å². The number of non-ortho nitro benzene ring substituents is 1. The van der Waals surface area contributed by atoms with Crippen molar-refractivity contribution in [1.82, 2.24) is 0 Å². The first-order valence-corrected chi connectivity index (χ1v) is 9.85. The van der Waals surface area contributed by atoms with E-state index in [2.05, 4.69) is 5.32 Å². The van der Waals surface area contributed by atoms with Gasteiger partial charge in [-0.2, -0.15) is 0 Å². The largest absolute Gasteiger partial charge is 0.454 e. The highest BCUT2D eigenvalue weighted by atomic mass is 35.5. The van der Waals surface area contributed by atoms with E-state index < -0.39 is 17.0 Å². The van der Waals surface area contributed by atoms with E-state index >= 15 is 0 Å². The lowest BCUT2D eigenvalue weighted by Crippen LogP contribution is -2.23. The maximum absolute atomic E-state index is 12.8. The Balaban J connectivity index is 1.57. The van der Waals surface area contributed by atoms with Crippen LogP contribution in [-0.2, 0) is 11.2 Å². The molecule has 1 amide bonds. The Morgan fingerprint density at radius 1 is 1.13 bits per heavy atom. The van der Waals surface area contributed by atoms with Crippen LogP contribution in [0.5, 0.6) is 0 Å². The molecular formula is C23H17ClN2O5. The monoisotopic (exact) mass is 436 g/mol. The summed E-state index contributed by atoms with van der Waals surface area (Å²) in [7, 11) is 0. The van der Waals surface area contributed by atoms with Gasteiger partial charge in [-0.05, 0) is 60.0 Å². The summed E-state index contributed by atoms with van der Waals surface area (Å²) in [5.74, 6) is -0.818. The number of rotatable bonds is 4. The smallest absolute Gasteiger partial charge is 0.339 e. The summed E-state index contributed by atoms with van der Waals surface area (Å²) in [6, 6.07) is 16.1. The van der Waals surface area contributed by atoms with E-state index in [0.29, 0.717) is 39.4 Å². The summed E-state index contributed by atoms with van der Waals surface area (Å²) >= 11 is 5.93. The second-order valence-electron chi connectivity index (χ2n) is 7.23. The van der Waals surface area contributed by atoms with Gasteiger partial charge in [-0.1, -0.05) is 23.7 Å². The molecule has 1 N–H and O–H groups in total. The lowest BCUT2D eigenvalue weighted by molar-refractivity contribution is -0.384. The van der Waals surface area contributed by atoms with Crippen molar-refractivity contribution in [2.45, 2.75) is 19.4 Å². The molecule has 1 atom stereocenters. The number of hydrogen-bond donors (Lipinski definition) is 1. The quantitative estimate of drug-likeness (QED) is 0.341. The number of nitrogens with zero attached hydrogens (tertiary/aromatic N) is 1. The summed E-state index contributed by atoms with van der Waals surface area (Å²) in [5, 5.41) is 14.2. The summed E-state index contributed by atoms with van der Waals surface area (Å²) in [5.41, 5.74) is 3.34. The van der Waals surface area contributed by atoms with Crippen LogP contribution in [0.2, 0.25) is 5.02 Å². The minimum Gasteiger partial charge on any atom is -0.454 e. The van der Waals surface area contributed by atoms with Crippen molar-refractivity contribution in [2.75, 3.05) is 5.32 Å². The molecule has 0 spiro atoms. The van der Waals surface area contributed by atoms with Crippen molar-refractivity contribution in [3.63, 3.8) is 0 Å². The van der Waals surface area contributed by atoms with Crippen LogP contribution in [0.15, 0.2) is 60.7 Å². The van der Waals surface area contributed by atoms with Crippen LogP contribution in [0.3, 0.4) is 0 Å². The van der Waals surface area contributed by atoms with E-state index in [1.807, 2.05) is 0 Å². The predicted molar refractivity (Wildman–Crippen MR) is 116 cm³/mol. The Bertz CT molecular complexity index is 1210. The zero-order valence-electron chi connectivity index (χ0n) is 16.4. The van der Waals surface area contributed by atoms with Crippen molar-refractivity contribution in [2.24, 2.45) is 0 Å². The van der Waals surface area contributed by atoms with Crippen LogP contribution in [0.25, 0.3) is 0 Å². The van der Waals surface area contributed by atoms with E-state index in [4.69, 9.17) is 16.3 Å². The fraction of sp³-hybridized carbons (Fsp3) is 0.130. The highest BCUT2D eigenvalue weighted by Crippen LogP contribution is 2.32. The molecule has 0 radical (unpaired) electrons. The number of aryl methyl sites for hydroxylation is 1. The molecule has 3 aromatic carbocycles. The second kappa shape index (κ2) is 8.20. The molecule has 0 aromatic heterocycles. The van der Waals surface area contributed by atoms with Gasteiger partial charge in [0.1, 0.15) is 6.10 Å². The number of ether oxygens (including phenoxy) is 1. The van der Waals surface area contributed by atoms with Gasteiger partial charge >= 0.3 is 5.97 Å². The van der Waals surface area contributed by atoms with E-state index in [0.717, 1.165) is 5.56 Å². The molecular weight excluding hydrogens is 420 g/mol. The van der Waals surface area contributed by atoms with E-state index in [1.54, 1.807) is 49.4 Å². The van der Waals surface area contributed by atoms with Crippen LogP contribution in [0.1, 0.15) is 43.5 Å². The lowest BCUT2D eigenvalue weighted by Gasteiger charge is -2.25. The number of esters is 1. The number of benzene rings is 3. The van der Waals surface area contributed by atoms with Gasteiger partial charge in [0.2, 0.25) is 0 Å². The van der Waals surface area contributed by atoms with Crippen LogP contribution in [0, 0.1) is 17.0 Å². The third-order valence-corrected chi connectivity index (χ3v) is 5.40.